The lowest BCUT2D eigenvalue weighted by atomic mass is 10.3. The molecular weight excluding hydrogens is 261 g/mol. The second kappa shape index (κ2) is 4.85. The molecule has 1 aromatic heterocycles. The summed E-state index contributed by atoms with van der Waals surface area (Å²) in [6.45, 7) is 2.10. The number of halogens is 2. The second-order valence-electron chi connectivity index (χ2n) is 3.53. The summed E-state index contributed by atoms with van der Waals surface area (Å²) in [7, 11) is 0. The third-order valence-corrected chi connectivity index (χ3v) is 2.85. The highest BCUT2D eigenvalue weighted by Crippen LogP contribution is 2.32. The van der Waals surface area contributed by atoms with Gasteiger partial charge in [0.2, 0.25) is 0 Å². The summed E-state index contributed by atoms with van der Waals surface area (Å²) in [6, 6.07) is 6.95. The molecule has 0 aliphatic rings. The van der Waals surface area contributed by atoms with Crippen molar-refractivity contribution in [3.8, 4) is 5.75 Å². The lowest BCUT2D eigenvalue weighted by Crippen LogP contribution is -2.09. The first kappa shape index (κ1) is 12.1. The minimum absolute atomic E-state index is 0.215. The molecule has 0 unspecified atom stereocenters. The van der Waals surface area contributed by atoms with Crippen molar-refractivity contribution in [2.24, 2.45) is 0 Å². The van der Waals surface area contributed by atoms with Crippen molar-refractivity contribution in [3.63, 3.8) is 0 Å². The quantitative estimate of drug-likeness (QED) is 0.933. The zero-order valence-corrected chi connectivity index (χ0v) is 10.7. The average Bonchev–Trinajstić information content (AvgIpc) is 2.57. The average molecular weight is 272 g/mol. The Bertz CT molecular complexity index is 519. The minimum Gasteiger partial charge on any atom is -0.468 e. The van der Waals surface area contributed by atoms with Crippen LogP contribution in [0.25, 0.3) is 0 Å². The molecule has 1 aromatic carbocycles. The van der Waals surface area contributed by atoms with Gasteiger partial charge >= 0.3 is 0 Å². The standard InChI is InChI=1S/C11H11Cl2N3O/c1-7-5-10(14)15-16(7)6-17-11-8(12)3-2-4-9(11)13/h2-5H,6H2,1H3,(H2,14,15). The molecule has 0 aliphatic heterocycles. The highest BCUT2D eigenvalue weighted by Gasteiger charge is 2.08. The van der Waals surface area contributed by atoms with E-state index in [0.29, 0.717) is 21.6 Å². The number of benzene rings is 1. The summed E-state index contributed by atoms with van der Waals surface area (Å²) in [4.78, 5) is 0. The van der Waals surface area contributed by atoms with Crippen LogP contribution in [0.3, 0.4) is 0 Å². The highest BCUT2D eigenvalue weighted by atomic mass is 35.5. The van der Waals surface area contributed by atoms with Crippen LogP contribution < -0.4 is 10.5 Å². The summed E-state index contributed by atoms with van der Waals surface area (Å²) < 4.78 is 7.16. The summed E-state index contributed by atoms with van der Waals surface area (Å²) in [5.74, 6) is 0.903. The van der Waals surface area contributed by atoms with Crippen molar-refractivity contribution in [1.82, 2.24) is 9.78 Å². The van der Waals surface area contributed by atoms with Gasteiger partial charge in [0.15, 0.2) is 12.5 Å². The molecule has 0 spiro atoms. The Morgan fingerprint density at radius 1 is 1.35 bits per heavy atom. The Hall–Kier alpha value is -1.39. The van der Waals surface area contributed by atoms with Gasteiger partial charge in [0.25, 0.3) is 0 Å². The molecule has 0 saturated heterocycles. The fourth-order valence-corrected chi connectivity index (χ4v) is 1.92. The third-order valence-electron chi connectivity index (χ3n) is 2.25. The van der Waals surface area contributed by atoms with Gasteiger partial charge in [0.1, 0.15) is 5.82 Å². The van der Waals surface area contributed by atoms with E-state index in [0.717, 1.165) is 5.69 Å². The van der Waals surface area contributed by atoms with Crippen LogP contribution in [0, 0.1) is 6.92 Å². The molecular formula is C11H11Cl2N3O. The number of nitrogen functional groups attached to an aromatic ring is 1. The molecule has 0 fully saturated rings. The predicted octanol–water partition coefficient (Wildman–Crippen LogP) is 3.12. The van der Waals surface area contributed by atoms with Crippen LogP contribution in [0.5, 0.6) is 5.75 Å². The van der Waals surface area contributed by atoms with Crippen molar-refractivity contribution in [1.29, 1.82) is 0 Å². The van der Waals surface area contributed by atoms with Gasteiger partial charge in [0, 0.05) is 11.8 Å². The summed E-state index contributed by atoms with van der Waals surface area (Å²) in [5.41, 5.74) is 6.48. The molecule has 4 nitrogen and oxygen atoms in total. The number of anilines is 1. The fourth-order valence-electron chi connectivity index (χ4n) is 1.41. The molecule has 6 heteroatoms. The molecule has 2 rings (SSSR count). The molecule has 90 valence electrons. The maximum Gasteiger partial charge on any atom is 0.181 e. The van der Waals surface area contributed by atoms with E-state index in [1.54, 1.807) is 28.9 Å². The molecule has 2 N–H and O–H groups in total. The first-order valence-corrected chi connectivity index (χ1v) is 5.70. The maximum absolute atomic E-state index is 5.98. The minimum atomic E-state index is 0.215. The zero-order chi connectivity index (χ0) is 12.4. The van der Waals surface area contributed by atoms with Crippen molar-refractivity contribution >= 4 is 29.0 Å². The van der Waals surface area contributed by atoms with E-state index in [4.69, 9.17) is 33.7 Å². The largest absolute Gasteiger partial charge is 0.468 e. The van der Waals surface area contributed by atoms with Crippen LogP contribution in [0.15, 0.2) is 24.3 Å². The Morgan fingerprint density at radius 2 is 2.00 bits per heavy atom. The lowest BCUT2D eigenvalue weighted by molar-refractivity contribution is 0.219. The number of aryl methyl sites for hydroxylation is 1. The smallest absolute Gasteiger partial charge is 0.181 e. The van der Waals surface area contributed by atoms with E-state index < -0.39 is 0 Å². The molecule has 17 heavy (non-hydrogen) atoms. The second-order valence-corrected chi connectivity index (χ2v) is 4.35. The Morgan fingerprint density at radius 3 is 2.53 bits per heavy atom. The van der Waals surface area contributed by atoms with Gasteiger partial charge in [-0.1, -0.05) is 29.3 Å². The summed E-state index contributed by atoms with van der Waals surface area (Å²) >= 11 is 12.0. The number of nitrogens with two attached hydrogens (primary N) is 1. The maximum atomic E-state index is 5.98. The first-order chi connectivity index (χ1) is 8.08. The Kier molecular flexibility index (Phi) is 3.45. The SMILES string of the molecule is Cc1cc(N)nn1COc1c(Cl)cccc1Cl. The van der Waals surface area contributed by atoms with Crippen molar-refractivity contribution in [2.45, 2.75) is 13.7 Å². The van der Waals surface area contributed by atoms with Crippen molar-refractivity contribution in [2.75, 3.05) is 5.73 Å². The monoisotopic (exact) mass is 271 g/mol. The van der Waals surface area contributed by atoms with Crippen LogP contribution >= 0.6 is 23.2 Å². The first-order valence-electron chi connectivity index (χ1n) is 4.94. The summed E-state index contributed by atoms with van der Waals surface area (Å²) in [6.07, 6.45) is 0. The molecule has 0 radical (unpaired) electrons. The normalized spacial score (nSPS) is 10.5. The Labute approximate surface area is 109 Å². The van der Waals surface area contributed by atoms with Gasteiger partial charge in [-0.2, -0.15) is 5.10 Å². The van der Waals surface area contributed by atoms with E-state index in [1.807, 2.05) is 6.92 Å². The van der Waals surface area contributed by atoms with E-state index >= 15 is 0 Å². The number of hydrogen-bond acceptors (Lipinski definition) is 3. The van der Waals surface area contributed by atoms with Gasteiger partial charge in [-0.15, -0.1) is 0 Å². The van der Waals surface area contributed by atoms with Crippen LogP contribution in [-0.4, -0.2) is 9.78 Å². The molecule has 0 aliphatic carbocycles. The van der Waals surface area contributed by atoms with Crippen molar-refractivity contribution in [3.05, 3.63) is 40.0 Å². The molecule has 1 heterocycles. The van der Waals surface area contributed by atoms with Crippen LogP contribution in [0.4, 0.5) is 5.82 Å². The number of nitrogens with zero attached hydrogens (tertiary/aromatic N) is 2. The number of para-hydroxylation sites is 1. The van der Waals surface area contributed by atoms with E-state index in [-0.39, 0.29) is 6.73 Å². The van der Waals surface area contributed by atoms with E-state index in [9.17, 15) is 0 Å². The molecule has 0 saturated carbocycles. The van der Waals surface area contributed by atoms with Crippen LogP contribution in [-0.2, 0) is 6.73 Å². The van der Waals surface area contributed by atoms with E-state index in [2.05, 4.69) is 5.10 Å². The van der Waals surface area contributed by atoms with Gasteiger partial charge in [-0.05, 0) is 19.1 Å². The topological polar surface area (TPSA) is 53.1 Å². The third kappa shape index (κ3) is 2.65. The lowest BCUT2D eigenvalue weighted by Gasteiger charge is -2.10. The fraction of sp³-hybridized carbons (Fsp3) is 0.182. The zero-order valence-electron chi connectivity index (χ0n) is 9.15. The number of ether oxygens (including phenoxy) is 1. The van der Waals surface area contributed by atoms with Gasteiger partial charge < -0.3 is 10.5 Å². The molecule has 0 bridgehead atoms. The Balaban J connectivity index is 2.15. The van der Waals surface area contributed by atoms with Crippen molar-refractivity contribution < 1.29 is 4.74 Å². The predicted molar refractivity (Wildman–Crippen MR) is 68.5 cm³/mol. The van der Waals surface area contributed by atoms with E-state index in [1.165, 1.54) is 0 Å². The van der Waals surface area contributed by atoms with Gasteiger partial charge in [-0.3, -0.25) is 0 Å². The highest BCUT2D eigenvalue weighted by molar-refractivity contribution is 6.37. The number of aromatic nitrogens is 2. The number of hydrogen-bond donors (Lipinski definition) is 1. The number of rotatable bonds is 3. The van der Waals surface area contributed by atoms with Crippen LogP contribution in [0.2, 0.25) is 10.0 Å². The van der Waals surface area contributed by atoms with Crippen LogP contribution in [0.1, 0.15) is 5.69 Å². The molecule has 2 aromatic rings. The molecule has 0 amide bonds. The molecule has 0 atom stereocenters. The van der Waals surface area contributed by atoms with Gasteiger partial charge in [0.05, 0.1) is 10.0 Å². The van der Waals surface area contributed by atoms with Gasteiger partial charge in [-0.25, -0.2) is 4.68 Å². The summed E-state index contributed by atoms with van der Waals surface area (Å²) in [5, 5.41) is 5.00.